The highest BCUT2D eigenvalue weighted by Gasteiger charge is 2.30. The van der Waals surface area contributed by atoms with Gasteiger partial charge >= 0.3 is 5.97 Å². The number of hydrogen-bond acceptors (Lipinski definition) is 5. The predicted octanol–water partition coefficient (Wildman–Crippen LogP) is 4.73. The Kier molecular flexibility index (Phi) is 4.12. The van der Waals surface area contributed by atoms with E-state index in [0.29, 0.717) is 16.9 Å². The summed E-state index contributed by atoms with van der Waals surface area (Å²) in [7, 11) is 0. The molecule has 134 valence electrons. The minimum atomic E-state index is -0.612. The number of benzene rings is 2. The average molecular weight is 360 g/mol. The zero-order valence-electron chi connectivity index (χ0n) is 14.8. The van der Waals surface area contributed by atoms with Crippen molar-refractivity contribution in [3.63, 3.8) is 0 Å². The maximum Gasteiger partial charge on any atom is 0.379 e. The fourth-order valence-electron chi connectivity index (χ4n) is 2.90. The van der Waals surface area contributed by atoms with Gasteiger partial charge < -0.3 is 13.9 Å². The van der Waals surface area contributed by atoms with Crippen molar-refractivity contribution in [3.05, 3.63) is 88.6 Å². The lowest BCUT2D eigenvalue weighted by Crippen LogP contribution is -2.07. The minimum Gasteiger partial charge on any atom is -0.457 e. The SMILES string of the molecule is Cc1ccc(/C=C2\Oc3cc(OC(=O)c4ccco4)cc(C)c3C2=O)cc1. The number of Topliss-reactive ketones (excluding diaryl/α,β-unsaturated/α-hetero) is 1. The normalized spacial score (nSPS) is 14.1. The molecule has 1 aromatic heterocycles. The molecule has 0 saturated carbocycles. The van der Waals surface area contributed by atoms with Crippen molar-refractivity contribution in [3.8, 4) is 11.5 Å². The van der Waals surface area contributed by atoms with Gasteiger partial charge in [-0.2, -0.15) is 0 Å². The summed E-state index contributed by atoms with van der Waals surface area (Å²) in [5.74, 6) is 0.209. The highest BCUT2D eigenvalue weighted by molar-refractivity contribution is 6.15. The molecule has 4 rings (SSSR count). The quantitative estimate of drug-likeness (QED) is 0.384. The summed E-state index contributed by atoms with van der Waals surface area (Å²) < 4.78 is 16.1. The first kappa shape index (κ1) is 16.8. The number of ether oxygens (including phenoxy) is 2. The summed E-state index contributed by atoms with van der Waals surface area (Å²) in [5, 5.41) is 0. The second kappa shape index (κ2) is 6.61. The zero-order valence-corrected chi connectivity index (χ0v) is 14.8. The van der Waals surface area contributed by atoms with Crippen LogP contribution in [0.5, 0.6) is 11.5 Å². The molecule has 0 spiro atoms. The molecular weight excluding hydrogens is 344 g/mol. The number of esters is 1. The molecule has 27 heavy (non-hydrogen) atoms. The van der Waals surface area contributed by atoms with Crippen LogP contribution >= 0.6 is 0 Å². The third kappa shape index (κ3) is 3.27. The number of ketones is 1. The van der Waals surface area contributed by atoms with Crippen LogP contribution in [0.1, 0.15) is 37.6 Å². The average Bonchev–Trinajstić information content (AvgIpc) is 3.26. The Morgan fingerprint density at radius 3 is 2.56 bits per heavy atom. The Labute approximate surface area is 155 Å². The van der Waals surface area contributed by atoms with Crippen molar-refractivity contribution in [1.29, 1.82) is 0 Å². The highest BCUT2D eigenvalue weighted by Crippen LogP contribution is 2.37. The first-order chi connectivity index (χ1) is 13.0. The summed E-state index contributed by atoms with van der Waals surface area (Å²) in [6.07, 6.45) is 3.10. The van der Waals surface area contributed by atoms with Gasteiger partial charge in [0.2, 0.25) is 11.5 Å². The Bertz CT molecular complexity index is 1060. The van der Waals surface area contributed by atoms with Crippen LogP contribution in [0.3, 0.4) is 0 Å². The molecule has 0 radical (unpaired) electrons. The Balaban J connectivity index is 1.62. The van der Waals surface area contributed by atoms with Crippen molar-refractivity contribution in [2.24, 2.45) is 0 Å². The van der Waals surface area contributed by atoms with Gasteiger partial charge in [0.15, 0.2) is 5.76 Å². The second-order valence-corrected chi connectivity index (χ2v) is 6.33. The van der Waals surface area contributed by atoms with E-state index in [1.807, 2.05) is 31.2 Å². The predicted molar refractivity (Wildman–Crippen MR) is 99.0 cm³/mol. The lowest BCUT2D eigenvalue weighted by Gasteiger charge is -2.06. The first-order valence-corrected chi connectivity index (χ1v) is 8.42. The van der Waals surface area contributed by atoms with Gasteiger partial charge in [0.25, 0.3) is 0 Å². The number of carbonyl (C=O) groups excluding carboxylic acids is 2. The lowest BCUT2D eigenvalue weighted by atomic mass is 10.0. The summed E-state index contributed by atoms with van der Waals surface area (Å²) in [6, 6.07) is 14.1. The van der Waals surface area contributed by atoms with E-state index in [9.17, 15) is 9.59 Å². The third-order valence-corrected chi connectivity index (χ3v) is 4.25. The van der Waals surface area contributed by atoms with E-state index >= 15 is 0 Å². The van der Waals surface area contributed by atoms with Crippen LogP contribution < -0.4 is 9.47 Å². The van der Waals surface area contributed by atoms with Crippen molar-refractivity contribution in [2.45, 2.75) is 13.8 Å². The monoisotopic (exact) mass is 360 g/mol. The molecule has 3 aromatic rings. The molecule has 0 aliphatic carbocycles. The number of hydrogen-bond donors (Lipinski definition) is 0. The third-order valence-electron chi connectivity index (χ3n) is 4.25. The molecule has 2 heterocycles. The van der Waals surface area contributed by atoms with Crippen LogP contribution in [0.4, 0.5) is 0 Å². The molecule has 0 fully saturated rings. The number of aryl methyl sites for hydroxylation is 2. The van der Waals surface area contributed by atoms with Crippen LogP contribution in [0.15, 0.2) is 65.0 Å². The van der Waals surface area contributed by atoms with Gasteiger partial charge in [0.1, 0.15) is 11.5 Å². The zero-order chi connectivity index (χ0) is 19.0. The van der Waals surface area contributed by atoms with E-state index in [1.54, 1.807) is 25.1 Å². The van der Waals surface area contributed by atoms with E-state index in [4.69, 9.17) is 13.9 Å². The smallest absolute Gasteiger partial charge is 0.379 e. The fourth-order valence-corrected chi connectivity index (χ4v) is 2.90. The molecule has 1 aliphatic rings. The topological polar surface area (TPSA) is 65.7 Å². The molecule has 0 bridgehead atoms. The van der Waals surface area contributed by atoms with E-state index in [0.717, 1.165) is 11.1 Å². The summed E-state index contributed by atoms with van der Waals surface area (Å²) >= 11 is 0. The van der Waals surface area contributed by atoms with Crippen LogP contribution in [-0.4, -0.2) is 11.8 Å². The highest BCUT2D eigenvalue weighted by atomic mass is 16.5. The van der Waals surface area contributed by atoms with Crippen molar-refractivity contribution < 1.29 is 23.5 Å². The number of carbonyl (C=O) groups is 2. The standard InChI is InChI=1S/C22H16O5/c1-13-5-7-15(8-6-13)11-19-21(23)20-14(2)10-16(12-18(20)27-19)26-22(24)17-4-3-9-25-17/h3-12H,1-2H3/b19-11-. The van der Waals surface area contributed by atoms with E-state index in [1.165, 1.54) is 18.4 Å². The van der Waals surface area contributed by atoms with Gasteiger partial charge in [-0.1, -0.05) is 29.8 Å². The molecule has 2 aromatic carbocycles. The second-order valence-electron chi connectivity index (χ2n) is 6.33. The van der Waals surface area contributed by atoms with Gasteiger partial charge in [-0.25, -0.2) is 4.79 Å². The molecule has 5 nitrogen and oxygen atoms in total. The maximum atomic E-state index is 12.7. The molecule has 0 amide bonds. The molecule has 0 saturated heterocycles. The van der Waals surface area contributed by atoms with Gasteiger partial charge in [-0.15, -0.1) is 0 Å². The van der Waals surface area contributed by atoms with Gasteiger partial charge in [0.05, 0.1) is 11.8 Å². The van der Waals surface area contributed by atoms with Gasteiger partial charge in [0, 0.05) is 6.07 Å². The van der Waals surface area contributed by atoms with Crippen molar-refractivity contribution in [2.75, 3.05) is 0 Å². The lowest BCUT2D eigenvalue weighted by molar-refractivity contribution is 0.0701. The van der Waals surface area contributed by atoms with Crippen LogP contribution in [0.25, 0.3) is 6.08 Å². The van der Waals surface area contributed by atoms with Crippen molar-refractivity contribution in [1.82, 2.24) is 0 Å². The molecule has 0 unspecified atom stereocenters. The Morgan fingerprint density at radius 2 is 1.85 bits per heavy atom. The molecule has 1 aliphatic heterocycles. The summed E-state index contributed by atoms with van der Waals surface area (Å²) in [6.45, 7) is 3.78. The fraction of sp³-hybridized carbons (Fsp3) is 0.0909. The number of furan rings is 1. The largest absolute Gasteiger partial charge is 0.457 e. The Morgan fingerprint density at radius 1 is 1.07 bits per heavy atom. The van der Waals surface area contributed by atoms with Gasteiger partial charge in [-0.05, 0) is 49.2 Å². The summed E-state index contributed by atoms with van der Waals surface area (Å²) in [5.41, 5.74) is 3.16. The molecule has 5 heteroatoms. The summed E-state index contributed by atoms with van der Waals surface area (Å²) in [4.78, 5) is 24.7. The van der Waals surface area contributed by atoms with Gasteiger partial charge in [-0.3, -0.25) is 4.79 Å². The number of fused-ring (bicyclic) bond motifs is 1. The minimum absolute atomic E-state index is 0.102. The van der Waals surface area contributed by atoms with E-state index in [2.05, 4.69) is 0 Å². The molecule has 0 N–H and O–H groups in total. The Hall–Kier alpha value is -3.60. The van der Waals surface area contributed by atoms with E-state index in [-0.39, 0.29) is 23.1 Å². The van der Waals surface area contributed by atoms with Crippen LogP contribution in [-0.2, 0) is 0 Å². The van der Waals surface area contributed by atoms with Crippen LogP contribution in [0.2, 0.25) is 0 Å². The first-order valence-electron chi connectivity index (χ1n) is 8.42. The molecule has 0 atom stereocenters. The number of allylic oxidation sites excluding steroid dienone is 1. The van der Waals surface area contributed by atoms with E-state index < -0.39 is 5.97 Å². The maximum absolute atomic E-state index is 12.7. The number of rotatable bonds is 3. The molecular formula is C22H16O5. The van der Waals surface area contributed by atoms with Crippen LogP contribution in [0, 0.1) is 13.8 Å². The van der Waals surface area contributed by atoms with Crippen molar-refractivity contribution >= 4 is 17.8 Å².